The van der Waals surface area contributed by atoms with E-state index in [-0.39, 0.29) is 43.8 Å². The van der Waals surface area contributed by atoms with E-state index in [0.29, 0.717) is 15.7 Å². The van der Waals surface area contributed by atoms with Crippen LogP contribution in [0.3, 0.4) is 0 Å². The summed E-state index contributed by atoms with van der Waals surface area (Å²) in [5, 5.41) is 3.69. The molecule has 7 nitrogen and oxygen atoms in total. The molecule has 1 N–H and O–H groups in total. The molecule has 2 aromatic rings. The first-order valence-corrected chi connectivity index (χ1v) is 14.5. The highest BCUT2D eigenvalue weighted by atomic mass is 35.5. The molecule has 0 aromatic heterocycles. The quantitative estimate of drug-likeness (QED) is 0.391. The third-order valence-corrected chi connectivity index (χ3v) is 7.88. The molecule has 0 fully saturated rings. The third-order valence-electron chi connectivity index (χ3n) is 5.95. The van der Waals surface area contributed by atoms with Gasteiger partial charge in [-0.3, -0.25) is 13.9 Å². The van der Waals surface area contributed by atoms with E-state index in [2.05, 4.69) is 5.32 Å². The smallest absolute Gasteiger partial charge is 0.242 e. The highest BCUT2D eigenvalue weighted by Gasteiger charge is 2.27. The molecule has 2 unspecified atom stereocenters. The highest BCUT2D eigenvalue weighted by Crippen LogP contribution is 2.24. The minimum Gasteiger partial charge on any atom is -0.352 e. The Labute approximate surface area is 224 Å². The van der Waals surface area contributed by atoms with E-state index >= 15 is 0 Å². The normalized spacial score (nSPS) is 13.1. The van der Waals surface area contributed by atoms with E-state index in [1.807, 2.05) is 26.8 Å². The first-order valence-electron chi connectivity index (χ1n) is 11.9. The highest BCUT2D eigenvalue weighted by molar-refractivity contribution is 7.92. The number of nitrogens with zero attached hydrogens (tertiary/aromatic N) is 2. The molecule has 0 spiro atoms. The third kappa shape index (κ3) is 8.68. The van der Waals surface area contributed by atoms with Gasteiger partial charge in [-0.15, -0.1) is 0 Å². The summed E-state index contributed by atoms with van der Waals surface area (Å²) in [6.07, 6.45) is 2.27. The van der Waals surface area contributed by atoms with Gasteiger partial charge in [0.05, 0.1) is 22.0 Å². The number of carbonyl (C=O) groups is 2. The molecule has 0 bridgehead atoms. The Balaban J connectivity index is 2.20. The number of rotatable bonds is 12. The Bertz CT molecular complexity index is 1170. The Kier molecular flexibility index (Phi) is 11.1. The van der Waals surface area contributed by atoms with Crippen molar-refractivity contribution in [3.8, 4) is 0 Å². The van der Waals surface area contributed by atoms with Gasteiger partial charge in [0.1, 0.15) is 6.04 Å². The fraction of sp³-hybridized carbons (Fsp3) is 0.462. The average molecular weight is 557 g/mol. The van der Waals surface area contributed by atoms with Crippen LogP contribution in [0.5, 0.6) is 0 Å². The van der Waals surface area contributed by atoms with E-state index in [1.54, 1.807) is 43.3 Å². The minimum absolute atomic E-state index is 0.0282. The molecule has 0 heterocycles. The van der Waals surface area contributed by atoms with Crippen LogP contribution in [-0.4, -0.2) is 50.0 Å². The van der Waals surface area contributed by atoms with E-state index in [9.17, 15) is 18.0 Å². The number of aryl methyl sites for hydroxylation is 1. The van der Waals surface area contributed by atoms with Crippen molar-refractivity contribution in [1.82, 2.24) is 10.2 Å². The van der Waals surface area contributed by atoms with Gasteiger partial charge in [-0.1, -0.05) is 48.3 Å². The number of hydrogen-bond donors (Lipinski definition) is 1. The van der Waals surface area contributed by atoms with Crippen LogP contribution in [-0.2, 0) is 26.2 Å². The first kappa shape index (κ1) is 29.9. The maximum Gasteiger partial charge on any atom is 0.242 e. The van der Waals surface area contributed by atoms with Crippen LogP contribution in [0.4, 0.5) is 5.69 Å². The van der Waals surface area contributed by atoms with Gasteiger partial charge < -0.3 is 10.2 Å². The van der Waals surface area contributed by atoms with Crippen LogP contribution in [0, 0.1) is 6.92 Å². The molecule has 0 saturated carbocycles. The summed E-state index contributed by atoms with van der Waals surface area (Å²) in [5.74, 6) is -0.513. The predicted octanol–water partition coefficient (Wildman–Crippen LogP) is 5.18. The van der Waals surface area contributed by atoms with Gasteiger partial charge in [0.2, 0.25) is 21.8 Å². The van der Waals surface area contributed by atoms with Gasteiger partial charge in [-0.05, 0) is 69.0 Å². The summed E-state index contributed by atoms with van der Waals surface area (Å²) in [6, 6.07) is 11.5. The lowest BCUT2D eigenvalue weighted by Gasteiger charge is -2.30. The lowest BCUT2D eigenvalue weighted by molar-refractivity contribution is -0.140. The fourth-order valence-electron chi connectivity index (χ4n) is 3.67. The van der Waals surface area contributed by atoms with Crippen LogP contribution in [0.15, 0.2) is 42.5 Å². The molecule has 0 aliphatic carbocycles. The number of anilines is 1. The van der Waals surface area contributed by atoms with Gasteiger partial charge in [-0.2, -0.15) is 0 Å². The summed E-state index contributed by atoms with van der Waals surface area (Å²) < 4.78 is 26.2. The topological polar surface area (TPSA) is 86.8 Å². The number of amides is 2. The van der Waals surface area contributed by atoms with E-state index < -0.39 is 16.1 Å². The van der Waals surface area contributed by atoms with Crippen molar-refractivity contribution in [1.29, 1.82) is 0 Å². The molecule has 198 valence electrons. The minimum atomic E-state index is -3.54. The maximum absolute atomic E-state index is 13.3. The molecule has 0 radical (unpaired) electrons. The molecular weight excluding hydrogens is 521 g/mol. The van der Waals surface area contributed by atoms with E-state index in [4.69, 9.17) is 23.2 Å². The zero-order chi connectivity index (χ0) is 27.0. The second kappa shape index (κ2) is 13.3. The van der Waals surface area contributed by atoms with Crippen molar-refractivity contribution >= 4 is 50.7 Å². The number of halogens is 2. The van der Waals surface area contributed by atoms with Crippen LogP contribution >= 0.6 is 23.2 Å². The Morgan fingerprint density at radius 1 is 1.06 bits per heavy atom. The SMILES string of the molecule is CCC(C)NC(=O)C(C)N(Cc1ccc(Cl)c(Cl)c1)C(=O)CCCN(c1cccc(C)c1)S(C)(=O)=O. The van der Waals surface area contributed by atoms with Crippen molar-refractivity contribution in [2.75, 3.05) is 17.1 Å². The Morgan fingerprint density at radius 3 is 2.33 bits per heavy atom. The van der Waals surface area contributed by atoms with E-state index in [1.165, 1.54) is 9.21 Å². The second-order valence-electron chi connectivity index (χ2n) is 9.04. The Hall–Kier alpha value is -2.29. The molecular formula is C26H35Cl2N3O4S. The van der Waals surface area contributed by atoms with Crippen LogP contribution < -0.4 is 9.62 Å². The molecule has 2 aromatic carbocycles. The van der Waals surface area contributed by atoms with Crippen LogP contribution in [0.25, 0.3) is 0 Å². The summed E-state index contributed by atoms with van der Waals surface area (Å²) in [5.41, 5.74) is 2.23. The van der Waals surface area contributed by atoms with Crippen molar-refractivity contribution in [2.24, 2.45) is 0 Å². The standard InChI is InChI=1S/C26H35Cl2N3O4S/c1-6-19(3)29-26(33)20(4)30(17-21-12-13-23(27)24(28)16-21)25(32)11-8-14-31(36(5,34)35)22-10-7-9-18(2)15-22/h7,9-10,12-13,15-16,19-20H,6,8,11,14,17H2,1-5H3,(H,29,33). The molecule has 10 heteroatoms. The van der Waals surface area contributed by atoms with Gasteiger partial charge in [0.25, 0.3) is 0 Å². The Morgan fingerprint density at radius 2 is 1.75 bits per heavy atom. The molecule has 0 aliphatic rings. The number of sulfonamides is 1. The largest absolute Gasteiger partial charge is 0.352 e. The monoisotopic (exact) mass is 555 g/mol. The first-order chi connectivity index (χ1) is 16.8. The van der Waals surface area contributed by atoms with E-state index in [0.717, 1.165) is 23.8 Å². The number of carbonyl (C=O) groups excluding carboxylic acids is 2. The fourth-order valence-corrected chi connectivity index (χ4v) is 4.95. The molecule has 2 amide bonds. The van der Waals surface area contributed by atoms with Gasteiger partial charge in [0.15, 0.2) is 0 Å². The molecule has 36 heavy (non-hydrogen) atoms. The summed E-state index contributed by atoms with van der Waals surface area (Å²) in [6.45, 7) is 7.75. The van der Waals surface area contributed by atoms with Crippen molar-refractivity contribution < 1.29 is 18.0 Å². The van der Waals surface area contributed by atoms with Gasteiger partial charge in [0, 0.05) is 25.6 Å². The number of nitrogens with one attached hydrogen (secondary N) is 1. The van der Waals surface area contributed by atoms with Crippen LogP contribution in [0.2, 0.25) is 10.0 Å². The van der Waals surface area contributed by atoms with Gasteiger partial charge in [-0.25, -0.2) is 8.42 Å². The summed E-state index contributed by atoms with van der Waals surface area (Å²) in [4.78, 5) is 27.7. The van der Waals surface area contributed by atoms with Crippen molar-refractivity contribution in [3.63, 3.8) is 0 Å². The maximum atomic E-state index is 13.3. The van der Waals surface area contributed by atoms with Crippen molar-refractivity contribution in [2.45, 2.75) is 65.6 Å². The number of hydrogen-bond acceptors (Lipinski definition) is 4. The molecule has 2 atom stereocenters. The lowest BCUT2D eigenvalue weighted by Crippen LogP contribution is -2.49. The van der Waals surface area contributed by atoms with Gasteiger partial charge >= 0.3 is 0 Å². The predicted molar refractivity (Wildman–Crippen MR) is 147 cm³/mol. The molecule has 2 rings (SSSR count). The van der Waals surface area contributed by atoms with Crippen molar-refractivity contribution in [3.05, 3.63) is 63.6 Å². The molecule has 0 aliphatic heterocycles. The summed E-state index contributed by atoms with van der Waals surface area (Å²) >= 11 is 12.2. The zero-order valence-electron chi connectivity index (χ0n) is 21.4. The summed E-state index contributed by atoms with van der Waals surface area (Å²) in [7, 11) is -3.54. The zero-order valence-corrected chi connectivity index (χ0v) is 23.8. The lowest BCUT2D eigenvalue weighted by atomic mass is 10.1. The van der Waals surface area contributed by atoms with Crippen LogP contribution in [0.1, 0.15) is 51.2 Å². The average Bonchev–Trinajstić information content (AvgIpc) is 2.80. The number of benzene rings is 2. The molecule has 0 saturated heterocycles. The second-order valence-corrected chi connectivity index (χ2v) is 11.8.